The van der Waals surface area contributed by atoms with Gasteiger partial charge in [0.05, 0.1) is 7.11 Å². The van der Waals surface area contributed by atoms with E-state index in [1.807, 2.05) is 0 Å². The lowest BCUT2D eigenvalue weighted by atomic mass is 10.4. The summed E-state index contributed by atoms with van der Waals surface area (Å²) in [7, 11) is 4.35. The van der Waals surface area contributed by atoms with Crippen molar-refractivity contribution in [3.8, 4) is 0 Å². The van der Waals surface area contributed by atoms with Crippen molar-refractivity contribution in [1.82, 2.24) is 19.6 Å². The Morgan fingerprint density at radius 3 is 2.65 bits per heavy atom. The van der Waals surface area contributed by atoms with Gasteiger partial charge in [0.2, 0.25) is 0 Å². The maximum absolute atomic E-state index is 11.9. The van der Waals surface area contributed by atoms with Crippen molar-refractivity contribution in [2.45, 2.75) is 0 Å². The number of halogens is 1. The summed E-state index contributed by atoms with van der Waals surface area (Å²) in [5.41, 5.74) is 0.105. The number of esters is 1. The molecule has 0 saturated heterocycles. The van der Waals surface area contributed by atoms with Gasteiger partial charge in [0, 0.05) is 26.2 Å². The Bertz CT molecular complexity index is 721. The Hall–Kier alpha value is -2.35. The fourth-order valence-electron chi connectivity index (χ4n) is 1.62. The molecule has 106 valence electrons. The van der Waals surface area contributed by atoms with E-state index in [2.05, 4.69) is 20.3 Å². The van der Waals surface area contributed by atoms with E-state index in [9.17, 15) is 9.59 Å². The van der Waals surface area contributed by atoms with Crippen LogP contribution in [-0.2, 0) is 18.8 Å². The van der Waals surface area contributed by atoms with Crippen molar-refractivity contribution in [3.63, 3.8) is 0 Å². The van der Waals surface area contributed by atoms with Crippen molar-refractivity contribution in [2.75, 3.05) is 12.4 Å². The third kappa shape index (κ3) is 2.64. The van der Waals surface area contributed by atoms with E-state index in [1.165, 1.54) is 31.0 Å². The molecule has 0 bridgehead atoms. The molecule has 2 heterocycles. The number of nitrogens with one attached hydrogen (secondary N) is 1. The quantitative estimate of drug-likeness (QED) is 0.839. The fraction of sp³-hybridized carbons (Fsp3) is 0.273. The molecule has 20 heavy (non-hydrogen) atoms. The predicted octanol–water partition coefficient (Wildman–Crippen LogP) is 0.697. The third-order valence-corrected chi connectivity index (χ3v) is 2.76. The average molecular weight is 298 g/mol. The zero-order valence-corrected chi connectivity index (χ0v) is 11.8. The van der Waals surface area contributed by atoms with Gasteiger partial charge in [0.25, 0.3) is 5.56 Å². The van der Waals surface area contributed by atoms with Gasteiger partial charge < -0.3 is 10.1 Å². The second-order valence-corrected chi connectivity index (χ2v) is 4.35. The van der Waals surface area contributed by atoms with Crippen LogP contribution >= 0.6 is 11.6 Å². The van der Waals surface area contributed by atoms with E-state index in [4.69, 9.17) is 11.6 Å². The molecule has 2 aromatic rings. The number of aromatic nitrogens is 4. The number of methoxy groups -OCH3 is 1. The topological polar surface area (TPSA) is 91.0 Å². The van der Waals surface area contributed by atoms with Gasteiger partial charge in [-0.2, -0.15) is 10.2 Å². The molecule has 0 spiro atoms. The smallest absolute Gasteiger partial charge is 0.356 e. The minimum absolute atomic E-state index is 0.165. The summed E-state index contributed by atoms with van der Waals surface area (Å²) < 4.78 is 7.07. The summed E-state index contributed by atoms with van der Waals surface area (Å²) in [6.07, 6.45) is 0. The van der Waals surface area contributed by atoms with Crippen LogP contribution in [0.15, 0.2) is 16.9 Å². The first kappa shape index (κ1) is 14.1. The van der Waals surface area contributed by atoms with Gasteiger partial charge in [-0.3, -0.25) is 9.48 Å². The summed E-state index contributed by atoms with van der Waals surface area (Å²) in [5, 5.41) is 10.8. The molecule has 0 fully saturated rings. The van der Waals surface area contributed by atoms with Crippen molar-refractivity contribution >= 4 is 29.1 Å². The van der Waals surface area contributed by atoms with E-state index in [-0.39, 0.29) is 22.1 Å². The van der Waals surface area contributed by atoms with Crippen LogP contribution in [0.4, 0.5) is 11.5 Å². The largest absolute Gasteiger partial charge is 0.464 e. The maximum Gasteiger partial charge on any atom is 0.356 e. The minimum Gasteiger partial charge on any atom is -0.464 e. The molecule has 1 N–H and O–H groups in total. The van der Waals surface area contributed by atoms with Crippen LogP contribution in [0, 0.1) is 0 Å². The van der Waals surface area contributed by atoms with Gasteiger partial charge in [0.15, 0.2) is 11.0 Å². The van der Waals surface area contributed by atoms with Crippen molar-refractivity contribution in [2.24, 2.45) is 14.1 Å². The summed E-state index contributed by atoms with van der Waals surface area (Å²) in [6, 6.07) is 2.86. The number of ether oxygens (including phenoxy) is 1. The molecule has 0 amide bonds. The molecule has 0 aromatic carbocycles. The molecule has 8 nitrogen and oxygen atoms in total. The van der Waals surface area contributed by atoms with E-state index in [0.717, 1.165) is 4.68 Å². The van der Waals surface area contributed by atoms with Gasteiger partial charge in [0.1, 0.15) is 11.4 Å². The highest BCUT2D eigenvalue weighted by Gasteiger charge is 2.14. The third-order valence-electron chi connectivity index (χ3n) is 2.57. The lowest BCUT2D eigenvalue weighted by molar-refractivity contribution is 0.0588. The van der Waals surface area contributed by atoms with Gasteiger partial charge in [-0.25, -0.2) is 9.48 Å². The number of hydrogen-bond acceptors (Lipinski definition) is 6. The Morgan fingerprint density at radius 2 is 2.00 bits per heavy atom. The molecular weight excluding hydrogens is 286 g/mol. The zero-order valence-electron chi connectivity index (χ0n) is 11.0. The highest BCUT2D eigenvalue weighted by Crippen LogP contribution is 2.15. The Labute approximate surface area is 118 Å². The summed E-state index contributed by atoms with van der Waals surface area (Å²) in [4.78, 5) is 23.3. The van der Waals surface area contributed by atoms with Gasteiger partial charge >= 0.3 is 5.97 Å². The number of aryl methyl sites for hydroxylation is 2. The molecule has 9 heteroatoms. The van der Waals surface area contributed by atoms with Crippen LogP contribution in [0.5, 0.6) is 0 Å². The second-order valence-electron chi connectivity index (χ2n) is 3.96. The molecule has 0 aliphatic carbocycles. The van der Waals surface area contributed by atoms with Crippen molar-refractivity contribution < 1.29 is 9.53 Å². The van der Waals surface area contributed by atoms with E-state index >= 15 is 0 Å². The van der Waals surface area contributed by atoms with E-state index < -0.39 is 5.97 Å². The molecule has 2 aromatic heterocycles. The first-order valence-corrected chi connectivity index (χ1v) is 5.93. The predicted molar refractivity (Wildman–Crippen MR) is 72.3 cm³/mol. The zero-order chi connectivity index (χ0) is 14.9. The standard InChI is InChI=1S/C11H12ClN5O3/c1-16-7(11(19)20-3)5-9(15-16)13-6-4-8(12)14-17(2)10(6)18/h4-5H,1-3H3,(H,13,15). The number of anilines is 2. The van der Waals surface area contributed by atoms with Crippen LogP contribution in [0.3, 0.4) is 0 Å². The summed E-state index contributed by atoms with van der Waals surface area (Å²) >= 11 is 5.79. The highest BCUT2D eigenvalue weighted by atomic mass is 35.5. The number of carbonyl (C=O) groups excluding carboxylic acids is 1. The van der Waals surface area contributed by atoms with Crippen LogP contribution in [0.1, 0.15) is 10.5 Å². The first-order chi connectivity index (χ1) is 9.42. The number of rotatable bonds is 3. The molecule has 0 saturated carbocycles. The number of nitrogens with zero attached hydrogens (tertiary/aromatic N) is 4. The van der Waals surface area contributed by atoms with Crippen molar-refractivity contribution in [1.29, 1.82) is 0 Å². The van der Waals surface area contributed by atoms with Gasteiger partial charge in [-0.1, -0.05) is 11.6 Å². The van der Waals surface area contributed by atoms with Crippen LogP contribution < -0.4 is 10.9 Å². The molecule has 0 unspecified atom stereocenters. The van der Waals surface area contributed by atoms with Crippen LogP contribution in [0.25, 0.3) is 0 Å². The van der Waals surface area contributed by atoms with Crippen LogP contribution in [-0.4, -0.2) is 32.6 Å². The van der Waals surface area contributed by atoms with Gasteiger partial charge in [-0.15, -0.1) is 0 Å². The molecule has 0 atom stereocenters. The van der Waals surface area contributed by atoms with Gasteiger partial charge in [-0.05, 0) is 0 Å². The normalized spacial score (nSPS) is 10.4. The first-order valence-electron chi connectivity index (χ1n) is 5.55. The highest BCUT2D eigenvalue weighted by molar-refractivity contribution is 6.29. The lowest BCUT2D eigenvalue weighted by Gasteiger charge is -2.04. The SMILES string of the molecule is COC(=O)c1cc(Nc2cc(Cl)nn(C)c2=O)nn1C. The molecule has 0 aliphatic heterocycles. The van der Waals surface area contributed by atoms with Crippen molar-refractivity contribution in [3.05, 3.63) is 33.3 Å². The lowest BCUT2D eigenvalue weighted by Crippen LogP contribution is -2.22. The average Bonchev–Trinajstić information content (AvgIpc) is 2.75. The molecular formula is C11H12ClN5O3. The number of hydrogen-bond donors (Lipinski definition) is 1. The Kier molecular flexibility index (Phi) is 3.75. The summed E-state index contributed by atoms with van der Waals surface area (Å²) in [5.74, 6) is -0.194. The molecule has 0 aliphatic rings. The van der Waals surface area contributed by atoms with Crippen LogP contribution in [0.2, 0.25) is 5.15 Å². The van der Waals surface area contributed by atoms with E-state index in [1.54, 1.807) is 7.05 Å². The summed E-state index contributed by atoms with van der Waals surface area (Å²) in [6.45, 7) is 0. The fourth-order valence-corrected chi connectivity index (χ4v) is 1.85. The minimum atomic E-state index is -0.520. The Morgan fingerprint density at radius 1 is 1.30 bits per heavy atom. The van der Waals surface area contributed by atoms with E-state index in [0.29, 0.717) is 5.82 Å². The maximum atomic E-state index is 11.9. The number of carbonyl (C=O) groups is 1. The molecule has 2 rings (SSSR count). The Balaban J connectivity index is 2.36. The monoisotopic (exact) mass is 297 g/mol. The molecule has 0 radical (unpaired) electrons. The second kappa shape index (κ2) is 5.33.